The smallest absolute Gasteiger partial charge is 0.324 e. The molecule has 0 aliphatic carbocycles. The average molecular weight is 809 g/mol. The number of hydrogen-bond acceptors (Lipinski definition) is 14. The summed E-state index contributed by atoms with van der Waals surface area (Å²) in [4.78, 5) is 83.3. The minimum Gasteiger partial charge on any atom is -0.480 e. The Morgan fingerprint density at radius 3 is 1.41 bits per heavy atom. The van der Waals surface area contributed by atoms with Crippen LogP contribution in [0.25, 0.3) is 0 Å². The van der Waals surface area contributed by atoms with Crippen LogP contribution >= 0.6 is 0 Å². The second-order valence-corrected chi connectivity index (χ2v) is 12.3. The normalized spacial score (nSPS) is 17.1. The zero-order chi connectivity index (χ0) is 40.2. The number of carboxylic acid groups (broad SMARTS) is 2. The van der Waals surface area contributed by atoms with Crippen molar-refractivity contribution < 1.29 is 57.3 Å². The number of carbonyl (C=O) groups is 6. The van der Waals surface area contributed by atoms with E-state index in [1.165, 1.54) is 36.4 Å². The first-order valence-electron chi connectivity index (χ1n) is 17.1. The van der Waals surface area contributed by atoms with Gasteiger partial charge < -0.3 is 38.3 Å². The van der Waals surface area contributed by atoms with E-state index in [1.807, 2.05) is 6.07 Å². The maximum Gasteiger partial charge on any atom is 0.324 e. The number of amides is 4. The summed E-state index contributed by atoms with van der Waals surface area (Å²) in [5.74, 6) is -3.15. The highest BCUT2D eigenvalue weighted by molar-refractivity contribution is 5.96. The van der Waals surface area contributed by atoms with Crippen molar-refractivity contribution in [3.05, 3.63) is 108 Å². The van der Waals surface area contributed by atoms with Gasteiger partial charge in [0.15, 0.2) is 24.4 Å². The van der Waals surface area contributed by atoms with Crippen LogP contribution in [0.5, 0.6) is 0 Å². The molecule has 2 saturated heterocycles. The summed E-state index contributed by atoms with van der Waals surface area (Å²) in [6.45, 7) is -0.121. The number of carbonyl (C=O) groups excluding carboxylic acids is 4. The van der Waals surface area contributed by atoms with E-state index < -0.39 is 61.3 Å². The molecular formula is C38H48N8O12. The third-order valence-corrected chi connectivity index (χ3v) is 8.31. The molecular weight excluding hydrogens is 760 g/mol. The monoisotopic (exact) mass is 808 g/mol. The molecule has 0 saturated carbocycles. The summed E-state index contributed by atoms with van der Waals surface area (Å²) >= 11 is 0. The first-order chi connectivity index (χ1) is 27.0. The van der Waals surface area contributed by atoms with E-state index in [9.17, 15) is 28.8 Å². The molecule has 6 heterocycles. The molecule has 0 radical (unpaired) electrons. The van der Waals surface area contributed by atoms with Gasteiger partial charge in [-0.25, -0.2) is 10.9 Å². The molecule has 4 unspecified atom stereocenters. The standard InChI is InChI=1S/2C18H20N4O6.2CH4/c1-19-22(11-14(23)24)18(26)16-15(28-16)17(25)21(10-13-5-3-7-27-13)9-12-4-2-6-20-8-12;1-19-22(11-14(23)24)18(26)16-15(28-16)17(25)21(10-13-3-2-8-27-13)9-12-4-6-20-7-5-12;;/h2*2-8,15-16,19H,9-11H2,1H3,(H,23,24);2*1H4. The number of ether oxygens (including phenoxy) is 2. The molecule has 4 aromatic rings. The third kappa shape index (κ3) is 12.8. The highest BCUT2D eigenvalue weighted by atomic mass is 16.6. The Morgan fingerprint density at radius 2 is 1.03 bits per heavy atom. The molecule has 2 fully saturated rings. The largest absolute Gasteiger partial charge is 0.480 e. The van der Waals surface area contributed by atoms with Gasteiger partial charge in [0.05, 0.1) is 25.6 Å². The zero-order valence-electron chi connectivity index (χ0n) is 30.3. The van der Waals surface area contributed by atoms with Gasteiger partial charge in [-0.2, -0.15) is 0 Å². The van der Waals surface area contributed by atoms with Crippen LogP contribution in [0.2, 0.25) is 0 Å². The molecule has 4 atom stereocenters. The molecule has 2 aliphatic heterocycles. The van der Waals surface area contributed by atoms with Crippen molar-refractivity contribution in [1.29, 1.82) is 0 Å². The van der Waals surface area contributed by atoms with E-state index >= 15 is 0 Å². The predicted molar refractivity (Wildman–Crippen MR) is 202 cm³/mol. The lowest BCUT2D eigenvalue weighted by atomic mass is 10.2. The molecule has 4 amide bonds. The first kappa shape index (κ1) is 45.9. The second kappa shape index (κ2) is 21.7. The van der Waals surface area contributed by atoms with Crippen LogP contribution in [0.4, 0.5) is 0 Å². The number of nitrogens with one attached hydrogen (secondary N) is 2. The fraction of sp³-hybridized carbons (Fsp3) is 0.368. The van der Waals surface area contributed by atoms with Crippen LogP contribution in [0, 0.1) is 0 Å². The quantitative estimate of drug-likeness (QED) is 0.0816. The number of aliphatic carboxylic acids is 2. The molecule has 2 aliphatic rings. The highest BCUT2D eigenvalue weighted by Crippen LogP contribution is 2.29. The first-order valence-corrected chi connectivity index (χ1v) is 17.1. The SMILES string of the molecule is C.C.CNN(CC(=O)O)C(=O)C1OC1C(=O)N(Cc1cccnc1)Cc1ccco1.CNN(CC(=O)O)C(=O)C1OC1C(=O)N(Cc1ccncc1)Cc1ccco1. The van der Waals surface area contributed by atoms with Crippen LogP contribution in [0.1, 0.15) is 37.5 Å². The number of carboxylic acids is 2. The van der Waals surface area contributed by atoms with E-state index in [2.05, 4.69) is 20.8 Å². The van der Waals surface area contributed by atoms with Crippen molar-refractivity contribution in [2.24, 2.45) is 0 Å². The predicted octanol–water partition coefficient (Wildman–Crippen LogP) is 1.31. The Bertz CT molecular complexity index is 1790. The van der Waals surface area contributed by atoms with E-state index in [0.29, 0.717) is 11.5 Å². The van der Waals surface area contributed by atoms with Crippen molar-refractivity contribution >= 4 is 35.6 Å². The molecule has 58 heavy (non-hydrogen) atoms. The lowest BCUT2D eigenvalue weighted by Gasteiger charge is -2.21. The number of furan rings is 2. The number of pyridine rings is 2. The molecule has 6 rings (SSSR count). The second-order valence-electron chi connectivity index (χ2n) is 12.3. The Hall–Kier alpha value is -6.48. The summed E-state index contributed by atoms with van der Waals surface area (Å²) in [7, 11) is 2.85. The number of nitrogens with zero attached hydrogens (tertiary/aromatic N) is 6. The topological polar surface area (TPSA) is 257 Å². The summed E-state index contributed by atoms with van der Waals surface area (Å²) in [5.41, 5.74) is 6.67. The fourth-order valence-electron chi connectivity index (χ4n) is 5.47. The maximum absolute atomic E-state index is 12.9. The van der Waals surface area contributed by atoms with Crippen molar-refractivity contribution in [3.8, 4) is 0 Å². The van der Waals surface area contributed by atoms with E-state index in [0.717, 1.165) is 21.1 Å². The van der Waals surface area contributed by atoms with Gasteiger partial charge in [0.1, 0.15) is 24.6 Å². The lowest BCUT2D eigenvalue weighted by Crippen LogP contribution is -2.47. The molecule has 312 valence electrons. The molecule has 4 aromatic heterocycles. The molecule has 20 heteroatoms. The van der Waals surface area contributed by atoms with Crippen LogP contribution in [0.3, 0.4) is 0 Å². The van der Waals surface area contributed by atoms with Crippen LogP contribution in [0.15, 0.2) is 94.7 Å². The molecule has 4 N–H and O–H groups in total. The van der Waals surface area contributed by atoms with E-state index in [-0.39, 0.29) is 52.8 Å². The van der Waals surface area contributed by atoms with E-state index in [4.69, 9.17) is 28.5 Å². The van der Waals surface area contributed by atoms with Gasteiger partial charge >= 0.3 is 11.9 Å². The number of aromatic nitrogens is 2. The zero-order valence-corrected chi connectivity index (χ0v) is 30.3. The van der Waals surface area contributed by atoms with Crippen LogP contribution in [-0.2, 0) is 64.4 Å². The van der Waals surface area contributed by atoms with Gasteiger partial charge in [-0.3, -0.25) is 48.8 Å². The number of epoxide rings is 2. The molecule has 0 aromatic carbocycles. The minimum absolute atomic E-state index is 0. The van der Waals surface area contributed by atoms with Gasteiger partial charge in [0.2, 0.25) is 0 Å². The van der Waals surface area contributed by atoms with Crippen LogP contribution < -0.4 is 10.9 Å². The maximum atomic E-state index is 12.9. The number of hydrogen-bond donors (Lipinski definition) is 4. The Kier molecular flexibility index (Phi) is 17.2. The summed E-state index contributed by atoms with van der Waals surface area (Å²) in [6, 6.07) is 14.1. The number of rotatable bonds is 18. The summed E-state index contributed by atoms with van der Waals surface area (Å²) < 4.78 is 21.2. The highest BCUT2D eigenvalue weighted by Gasteiger charge is 2.54. The Morgan fingerprint density at radius 1 is 0.586 bits per heavy atom. The van der Waals surface area contributed by atoms with E-state index in [1.54, 1.807) is 67.3 Å². The third-order valence-electron chi connectivity index (χ3n) is 8.31. The Balaban J connectivity index is 0.000000300. The van der Waals surface area contributed by atoms with Crippen molar-refractivity contribution in [2.45, 2.75) is 65.4 Å². The Labute approximate surface area is 334 Å². The van der Waals surface area contributed by atoms with Gasteiger partial charge in [-0.05, 0) is 53.6 Å². The van der Waals surface area contributed by atoms with Gasteiger partial charge in [0, 0.05) is 52.0 Å². The average Bonchev–Trinajstić information content (AvgIpc) is 4.05. The van der Waals surface area contributed by atoms with Gasteiger partial charge in [0.25, 0.3) is 23.6 Å². The van der Waals surface area contributed by atoms with Crippen molar-refractivity contribution in [2.75, 3.05) is 27.2 Å². The fourth-order valence-corrected chi connectivity index (χ4v) is 5.47. The molecule has 20 nitrogen and oxygen atoms in total. The van der Waals surface area contributed by atoms with Crippen molar-refractivity contribution in [3.63, 3.8) is 0 Å². The van der Waals surface area contributed by atoms with Crippen LogP contribution in [-0.4, -0.2) is 127 Å². The summed E-state index contributed by atoms with van der Waals surface area (Å²) in [6.07, 6.45) is 5.59. The van der Waals surface area contributed by atoms with Gasteiger partial charge in [-0.15, -0.1) is 0 Å². The molecule has 0 bridgehead atoms. The lowest BCUT2D eigenvalue weighted by molar-refractivity contribution is -0.147. The molecule has 0 spiro atoms. The number of hydrazine groups is 2. The van der Waals surface area contributed by atoms with Gasteiger partial charge in [-0.1, -0.05) is 20.9 Å². The summed E-state index contributed by atoms with van der Waals surface area (Å²) in [5, 5.41) is 19.5. The van der Waals surface area contributed by atoms with Crippen molar-refractivity contribution in [1.82, 2.24) is 40.6 Å². The minimum atomic E-state index is -1.18.